The zero-order chi connectivity index (χ0) is 19.7. The molecule has 26 heavy (non-hydrogen) atoms. The van der Waals surface area contributed by atoms with Gasteiger partial charge >= 0.3 is 24.3 Å². The lowest BCUT2D eigenvalue weighted by Gasteiger charge is -2.13. The molecular weight excluding hydrogens is 368 g/mol. The number of nitrogen functional groups attached to an aromatic ring is 1. The van der Waals surface area contributed by atoms with Crippen molar-refractivity contribution in [2.24, 2.45) is 0 Å². The van der Waals surface area contributed by atoms with Crippen LogP contribution in [0.1, 0.15) is 31.8 Å². The van der Waals surface area contributed by atoms with E-state index in [9.17, 15) is 35.9 Å². The highest BCUT2D eigenvalue weighted by Crippen LogP contribution is 2.36. The molecule has 0 fully saturated rings. The Bertz CT molecular complexity index is 826. The van der Waals surface area contributed by atoms with Gasteiger partial charge in [-0.05, 0) is 36.4 Å². The number of alkyl halides is 6. The highest BCUT2D eigenvalue weighted by molar-refractivity contribution is 6.03. The Hall–Kier alpha value is -3.04. The minimum absolute atomic E-state index is 0.142. The number of benzene rings is 2. The molecule has 2 aromatic rings. The van der Waals surface area contributed by atoms with Crippen LogP contribution in [-0.4, -0.2) is 11.9 Å². The fourth-order valence-electron chi connectivity index (χ4n) is 1.94. The van der Waals surface area contributed by atoms with Crippen LogP contribution in [-0.2, 0) is 17.1 Å². The second-order valence-electron chi connectivity index (χ2n) is 5.10. The van der Waals surface area contributed by atoms with E-state index >= 15 is 0 Å². The van der Waals surface area contributed by atoms with Crippen LogP contribution in [0, 0.1) is 0 Å². The van der Waals surface area contributed by atoms with Crippen LogP contribution < -0.4 is 5.73 Å². The summed E-state index contributed by atoms with van der Waals surface area (Å²) in [5.74, 6) is -2.93. The Morgan fingerprint density at radius 1 is 0.769 bits per heavy atom. The Labute approximate surface area is 142 Å². The summed E-state index contributed by atoms with van der Waals surface area (Å²) in [6.07, 6.45) is -10.3. The van der Waals surface area contributed by atoms with E-state index in [1.54, 1.807) is 0 Å². The number of esters is 2. The lowest BCUT2D eigenvalue weighted by molar-refractivity contribution is -0.143. The highest BCUT2D eigenvalue weighted by Gasteiger charge is 2.37. The standard InChI is InChI=1S/C16H9F6NO3/c17-15(18,19)10-4-9(5-11(7-10)16(20,21)22)14(25)26-13(24)8-2-1-3-12(23)6-8/h1-7H,23H2. The molecule has 10 heteroatoms. The Morgan fingerprint density at radius 3 is 1.73 bits per heavy atom. The molecule has 0 unspecified atom stereocenters. The molecule has 0 saturated carbocycles. The molecule has 0 amide bonds. The second kappa shape index (κ2) is 6.70. The Morgan fingerprint density at radius 2 is 1.27 bits per heavy atom. The predicted octanol–water partition coefficient (Wildman–Crippen LogP) is 4.30. The molecule has 138 valence electrons. The third kappa shape index (κ3) is 4.52. The molecule has 0 aromatic heterocycles. The van der Waals surface area contributed by atoms with Gasteiger partial charge in [-0.15, -0.1) is 0 Å². The molecule has 0 saturated heterocycles. The third-order valence-electron chi connectivity index (χ3n) is 3.13. The third-order valence-corrected chi connectivity index (χ3v) is 3.13. The van der Waals surface area contributed by atoms with Gasteiger partial charge in [0.05, 0.1) is 22.3 Å². The first-order chi connectivity index (χ1) is 11.9. The molecule has 0 aliphatic rings. The zero-order valence-corrected chi connectivity index (χ0v) is 12.6. The van der Waals surface area contributed by atoms with Crippen LogP contribution in [0.25, 0.3) is 0 Å². The number of carbonyl (C=O) groups is 2. The first-order valence-electron chi connectivity index (χ1n) is 6.79. The maximum atomic E-state index is 12.8. The number of carbonyl (C=O) groups excluding carboxylic acids is 2. The fourth-order valence-corrected chi connectivity index (χ4v) is 1.94. The molecule has 2 rings (SSSR count). The summed E-state index contributed by atoms with van der Waals surface area (Å²) in [6.45, 7) is 0. The van der Waals surface area contributed by atoms with Gasteiger partial charge in [-0.2, -0.15) is 26.3 Å². The second-order valence-corrected chi connectivity index (χ2v) is 5.10. The van der Waals surface area contributed by atoms with E-state index in [0.717, 1.165) is 6.07 Å². The van der Waals surface area contributed by atoms with Crippen LogP contribution in [0.3, 0.4) is 0 Å². The van der Waals surface area contributed by atoms with E-state index < -0.39 is 41.0 Å². The highest BCUT2D eigenvalue weighted by atomic mass is 19.4. The van der Waals surface area contributed by atoms with E-state index in [0.29, 0.717) is 0 Å². The van der Waals surface area contributed by atoms with E-state index in [4.69, 9.17) is 5.73 Å². The van der Waals surface area contributed by atoms with Gasteiger partial charge in [0.2, 0.25) is 0 Å². The van der Waals surface area contributed by atoms with Gasteiger partial charge < -0.3 is 10.5 Å². The molecule has 0 radical (unpaired) electrons. The van der Waals surface area contributed by atoms with Gasteiger partial charge in [0.15, 0.2) is 0 Å². The van der Waals surface area contributed by atoms with Crippen molar-refractivity contribution in [2.45, 2.75) is 12.4 Å². The van der Waals surface area contributed by atoms with Crippen LogP contribution in [0.15, 0.2) is 42.5 Å². The summed E-state index contributed by atoms with van der Waals surface area (Å²) in [5, 5.41) is 0. The van der Waals surface area contributed by atoms with Gasteiger partial charge in [-0.25, -0.2) is 9.59 Å². The predicted molar refractivity (Wildman–Crippen MR) is 77.0 cm³/mol. The van der Waals surface area contributed by atoms with Crippen LogP contribution in [0.2, 0.25) is 0 Å². The number of hydrogen-bond acceptors (Lipinski definition) is 4. The van der Waals surface area contributed by atoms with E-state index in [1.165, 1.54) is 18.2 Å². The van der Waals surface area contributed by atoms with Crippen molar-refractivity contribution in [1.29, 1.82) is 0 Å². The van der Waals surface area contributed by atoms with Crippen molar-refractivity contribution in [3.05, 3.63) is 64.7 Å². The summed E-state index contributed by atoms with van der Waals surface area (Å²) >= 11 is 0. The molecule has 2 aromatic carbocycles. The molecule has 4 nitrogen and oxygen atoms in total. The molecule has 0 bridgehead atoms. The van der Waals surface area contributed by atoms with Crippen molar-refractivity contribution in [1.82, 2.24) is 0 Å². The summed E-state index contributed by atoms with van der Waals surface area (Å²) in [7, 11) is 0. The van der Waals surface area contributed by atoms with Gasteiger partial charge in [0, 0.05) is 5.69 Å². The largest absolute Gasteiger partial charge is 0.416 e. The summed E-state index contributed by atoms with van der Waals surface area (Å²) in [5.41, 5.74) is 0.919. The Kier molecular flexibility index (Phi) is 4.97. The quantitative estimate of drug-likeness (QED) is 0.367. The number of halogens is 6. The van der Waals surface area contributed by atoms with Gasteiger partial charge in [0.25, 0.3) is 0 Å². The summed E-state index contributed by atoms with van der Waals surface area (Å²) < 4.78 is 81.0. The molecule has 0 aliphatic carbocycles. The molecule has 0 aliphatic heterocycles. The normalized spacial score (nSPS) is 11.9. The number of hydrogen-bond donors (Lipinski definition) is 1. The molecule has 0 heterocycles. The van der Waals surface area contributed by atoms with Crippen molar-refractivity contribution in [3.63, 3.8) is 0 Å². The Balaban J connectivity index is 2.37. The SMILES string of the molecule is Nc1cccc(C(=O)OC(=O)c2cc(C(F)(F)F)cc(C(F)(F)F)c2)c1. The number of anilines is 1. The average molecular weight is 377 g/mol. The lowest BCUT2D eigenvalue weighted by atomic mass is 10.0. The van der Waals surface area contributed by atoms with E-state index in [1.807, 2.05) is 0 Å². The molecule has 2 N–H and O–H groups in total. The van der Waals surface area contributed by atoms with Gasteiger partial charge in [-0.1, -0.05) is 6.07 Å². The summed E-state index contributed by atoms with van der Waals surface area (Å²) in [6, 6.07) is 5.30. The van der Waals surface area contributed by atoms with Crippen molar-refractivity contribution in [3.8, 4) is 0 Å². The van der Waals surface area contributed by atoms with E-state index in [-0.39, 0.29) is 29.4 Å². The van der Waals surface area contributed by atoms with Crippen LogP contribution in [0.4, 0.5) is 32.0 Å². The average Bonchev–Trinajstić information content (AvgIpc) is 2.52. The first kappa shape index (κ1) is 19.3. The number of nitrogens with two attached hydrogens (primary N) is 1. The zero-order valence-electron chi connectivity index (χ0n) is 12.6. The molecular formula is C16H9F6NO3. The molecule has 0 spiro atoms. The minimum atomic E-state index is -5.13. The minimum Gasteiger partial charge on any atom is -0.399 e. The van der Waals surface area contributed by atoms with Gasteiger partial charge in [-0.3, -0.25) is 0 Å². The number of ether oxygens (including phenoxy) is 1. The van der Waals surface area contributed by atoms with E-state index in [2.05, 4.69) is 4.74 Å². The first-order valence-corrected chi connectivity index (χ1v) is 6.79. The van der Waals surface area contributed by atoms with Crippen molar-refractivity contribution >= 4 is 17.6 Å². The lowest BCUT2D eigenvalue weighted by Crippen LogP contribution is -2.17. The maximum Gasteiger partial charge on any atom is 0.416 e. The monoisotopic (exact) mass is 377 g/mol. The topological polar surface area (TPSA) is 69.4 Å². The van der Waals surface area contributed by atoms with Crippen LogP contribution in [0.5, 0.6) is 0 Å². The molecule has 0 atom stereocenters. The maximum absolute atomic E-state index is 12.8. The number of rotatable bonds is 2. The van der Waals surface area contributed by atoms with Crippen molar-refractivity contribution < 1.29 is 40.7 Å². The summed E-state index contributed by atoms with van der Waals surface area (Å²) in [4.78, 5) is 23.7. The smallest absolute Gasteiger partial charge is 0.399 e. The van der Waals surface area contributed by atoms with Crippen molar-refractivity contribution in [2.75, 3.05) is 5.73 Å². The van der Waals surface area contributed by atoms with Gasteiger partial charge in [0.1, 0.15) is 0 Å². The fraction of sp³-hybridized carbons (Fsp3) is 0.125. The van der Waals surface area contributed by atoms with Crippen LogP contribution >= 0.6 is 0 Å².